The molecule has 66 valence electrons. The van der Waals surface area contributed by atoms with E-state index in [1.54, 1.807) is 13.1 Å². The predicted molar refractivity (Wildman–Crippen MR) is 47.2 cm³/mol. The summed E-state index contributed by atoms with van der Waals surface area (Å²) in [6.07, 6.45) is 0. The molecule has 1 aromatic heterocycles. The molecule has 1 heterocycles. The van der Waals surface area contributed by atoms with Crippen LogP contribution in [-0.2, 0) is 0 Å². The second kappa shape index (κ2) is 4.50. The highest BCUT2D eigenvalue weighted by Crippen LogP contribution is 2.03. The molecule has 0 aliphatic rings. The molecule has 1 aromatic rings. The monoisotopic (exact) mass is 168 g/mol. The molecule has 0 bridgehead atoms. The van der Waals surface area contributed by atoms with Gasteiger partial charge in [0.2, 0.25) is 0 Å². The summed E-state index contributed by atoms with van der Waals surface area (Å²) in [4.78, 5) is 0. The maximum Gasteiger partial charge on any atom is 0.148 e. The van der Waals surface area contributed by atoms with Gasteiger partial charge in [-0.1, -0.05) is 0 Å². The summed E-state index contributed by atoms with van der Waals surface area (Å²) in [5.74, 6) is 1.40. The number of hydrogen-bond acceptors (Lipinski definition) is 5. The van der Waals surface area contributed by atoms with Crippen molar-refractivity contribution < 1.29 is 5.11 Å². The van der Waals surface area contributed by atoms with Crippen molar-refractivity contribution in [2.75, 3.05) is 30.8 Å². The standard InChI is InChI=1S/C7H12N4O/c1-8-6-2-3-7(11-10-6)9-4-5-12/h2-3,12H,4-5H2,1H3,(H,8,10)(H,9,11). The van der Waals surface area contributed by atoms with Crippen molar-refractivity contribution in [2.45, 2.75) is 0 Å². The molecule has 0 radical (unpaired) electrons. The van der Waals surface area contributed by atoms with E-state index in [0.717, 1.165) is 5.82 Å². The average molecular weight is 168 g/mol. The lowest BCUT2D eigenvalue weighted by molar-refractivity contribution is 0.311. The van der Waals surface area contributed by atoms with Gasteiger partial charge in [0.15, 0.2) is 0 Å². The van der Waals surface area contributed by atoms with E-state index in [0.29, 0.717) is 12.4 Å². The third-order valence-corrected chi connectivity index (χ3v) is 1.34. The molecule has 0 saturated heterocycles. The molecule has 0 aromatic carbocycles. The van der Waals surface area contributed by atoms with E-state index in [1.165, 1.54) is 0 Å². The lowest BCUT2D eigenvalue weighted by atomic mass is 10.5. The van der Waals surface area contributed by atoms with Crippen molar-refractivity contribution >= 4 is 11.6 Å². The van der Waals surface area contributed by atoms with Crippen LogP contribution in [-0.4, -0.2) is 35.5 Å². The Morgan fingerprint density at radius 2 is 2.00 bits per heavy atom. The van der Waals surface area contributed by atoms with Crippen LogP contribution < -0.4 is 10.6 Å². The van der Waals surface area contributed by atoms with Gasteiger partial charge in [0, 0.05) is 13.6 Å². The third kappa shape index (κ3) is 2.35. The van der Waals surface area contributed by atoms with Crippen LogP contribution in [0.15, 0.2) is 12.1 Å². The Kier molecular flexibility index (Phi) is 3.28. The molecule has 5 heteroatoms. The van der Waals surface area contributed by atoms with Gasteiger partial charge in [-0.3, -0.25) is 0 Å². The third-order valence-electron chi connectivity index (χ3n) is 1.34. The number of hydrogen-bond donors (Lipinski definition) is 3. The fourth-order valence-corrected chi connectivity index (χ4v) is 0.744. The first-order chi connectivity index (χ1) is 5.86. The first-order valence-corrected chi connectivity index (χ1v) is 3.73. The molecule has 0 atom stereocenters. The van der Waals surface area contributed by atoms with Gasteiger partial charge >= 0.3 is 0 Å². The Balaban J connectivity index is 2.53. The number of aromatic nitrogens is 2. The van der Waals surface area contributed by atoms with Crippen molar-refractivity contribution in [2.24, 2.45) is 0 Å². The number of aliphatic hydroxyl groups excluding tert-OH is 1. The number of nitrogens with one attached hydrogen (secondary N) is 2. The van der Waals surface area contributed by atoms with Crippen LogP contribution in [0.1, 0.15) is 0 Å². The molecule has 5 nitrogen and oxygen atoms in total. The van der Waals surface area contributed by atoms with Crippen LogP contribution in [0.25, 0.3) is 0 Å². The van der Waals surface area contributed by atoms with Crippen molar-refractivity contribution in [3.8, 4) is 0 Å². The van der Waals surface area contributed by atoms with Crippen molar-refractivity contribution in [3.63, 3.8) is 0 Å². The van der Waals surface area contributed by atoms with Crippen molar-refractivity contribution in [1.82, 2.24) is 10.2 Å². The van der Waals surface area contributed by atoms with Crippen LogP contribution in [0.2, 0.25) is 0 Å². The zero-order chi connectivity index (χ0) is 8.81. The minimum Gasteiger partial charge on any atom is -0.395 e. The average Bonchev–Trinajstić information content (AvgIpc) is 2.15. The maximum atomic E-state index is 8.51. The Hall–Kier alpha value is -1.36. The fourth-order valence-electron chi connectivity index (χ4n) is 0.744. The summed E-state index contributed by atoms with van der Waals surface area (Å²) < 4.78 is 0. The van der Waals surface area contributed by atoms with Crippen molar-refractivity contribution in [3.05, 3.63) is 12.1 Å². The summed E-state index contributed by atoms with van der Waals surface area (Å²) in [6.45, 7) is 0.586. The zero-order valence-corrected chi connectivity index (χ0v) is 6.91. The highest BCUT2D eigenvalue weighted by molar-refractivity contribution is 5.40. The molecule has 12 heavy (non-hydrogen) atoms. The van der Waals surface area contributed by atoms with Gasteiger partial charge in [-0.2, -0.15) is 0 Å². The lowest BCUT2D eigenvalue weighted by Gasteiger charge is -2.02. The van der Waals surface area contributed by atoms with Crippen LogP contribution in [0, 0.1) is 0 Å². The molecule has 0 amide bonds. The van der Waals surface area contributed by atoms with E-state index in [4.69, 9.17) is 5.11 Å². The molecule has 0 unspecified atom stereocenters. The van der Waals surface area contributed by atoms with Crippen LogP contribution in [0.5, 0.6) is 0 Å². The Morgan fingerprint density at radius 3 is 2.50 bits per heavy atom. The smallest absolute Gasteiger partial charge is 0.148 e. The minimum absolute atomic E-state index is 0.0927. The normalized spacial score (nSPS) is 9.50. The van der Waals surface area contributed by atoms with E-state index in [-0.39, 0.29) is 6.61 Å². The molecule has 3 N–H and O–H groups in total. The van der Waals surface area contributed by atoms with E-state index in [2.05, 4.69) is 20.8 Å². The number of aliphatic hydroxyl groups is 1. The first kappa shape index (κ1) is 8.73. The van der Waals surface area contributed by atoms with Gasteiger partial charge in [0.25, 0.3) is 0 Å². The van der Waals surface area contributed by atoms with E-state index in [1.807, 2.05) is 6.07 Å². The van der Waals surface area contributed by atoms with E-state index >= 15 is 0 Å². The predicted octanol–water partition coefficient (Wildman–Crippen LogP) is -0.0775. The molecule has 0 aliphatic carbocycles. The summed E-state index contributed by atoms with van der Waals surface area (Å²) in [5.41, 5.74) is 0. The fraction of sp³-hybridized carbons (Fsp3) is 0.429. The van der Waals surface area contributed by atoms with Gasteiger partial charge < -0.3 is 15.7 Å². The topological polar surface area (TPSA) is 70.1 Å². The minimum atomic E-state index is 0.0927. The van der Waals surface area contributed by atoms with Crippen LogP contribution in [0.3, 0.4) is 0 Å². The van der Waals surface area contributed by atoms with Crippen LogP contribution >= 0.6 is 0 Å². The highest BCUT2D eigenvalue weighted by Gasteiger charge is 1.93. The highest BCUT2D eigenvalue weighted by atomic mass is 16.3. The molecule has 0 aliphatic heterocycles. The molecule has 0 fully saturated rings. The Morgan fingerprint density at radius 1 is 1.33 bits per heavy atom. The van der Waals surface area contributed by atoms with Crippen molar-refractivity contribution in [1.29, 1.82) is 0 Å². The Labute approximate surface area is 70.8 Å². The molecule has 0 spiro atoms. The van der Waals surface area contributed by atoms with E-state index in [9.17, 15) is 0 Å². The lowest BCUT2D eigenvalue weighted by Crippen LogP contribution is -2.07. The molecular formula is C7H12N4O. The zero-order valence-electron chi connectivity index (χ0n) is 6.91. The van der Waals surface area contributed by atoms with Gasteiger partial charge in [-0.15, -0.1) is 10.2 Å². The first-order valence-electron chi connectivity index (χ1n) is 3.73. The number of rotatable bonds is 4. The summed E-state index contributed by atoms with van der Waals surface area (Å²) in [7, 11) is 1.78. The Bertz CT molecular complexity index is 223. The summed E-state index contributed by atoms with van der Waals surface area (Å²) >= 11 is 0. The van der Waals surface area contributed by atoms with Gasteiger partial charge in [-0.05, 0) is 12.1 Å². The number of nitrogens with zero attached hydrogens (tertiary/aromatic N) is 2. The van der Waals surface area contributed by atoms with Gasteiger partial charge in [-0.25, -0.2) is 0 Å². The second-order valence-corrected chi connectivity index (χ2v) is 2.20. The molecule has 1 rings (SSSR count). The maximum absolute atomic E-state index is 8.51. The summed E-state index contributed by atoms with van der Waals surface area (Å²) in [6, 6.07) is 3.61. The van der Waals surface area contributed by atoms with Gasteiger partial charge in [0.1, 0.15) is 11.6 Å². The number of anilines is 2. The van der Waals surface area contributed by atoms with Gasteiger partial charge in [0.05, 0.1) is 6.61 Å². The second-order valence-electron chi connectivity index (χ2n) is 2.20. The quantitative estimate of drug-likeness (QED) is 0.586. The van der Waals surface area contributed by atoms with Crippen LogP contribution in [0.4, 0.5) is 11.6 Å². The summed E-state index contributed by atoms with van der Waals surface area (Å²) in [5, 5.41) is 22.0. The van der Waals surface area contributed by atoms with E-state index < -0.39 is 0 Å². The molecule has 0 saturated carbocycles. The largest absolute Gasteiger partial charge is 0.395 e. The SMILES string of the molecule is CNc1ccc(NCCO)nn1. The molecular weight excluding hydrogens is 156 g/mol.